The van der Waals surface area contributed by atoms with Crippen molar-refractivity contribution in [1.29, 1.82) is 0 Å². The maximum atomic E-state index is 13.7. The number of halogens is 1. The van der Waals surface area contributed by atoms with Crippen molar-refractivity contribution in [2.24, 2.45) is 5.10 Å². The Labute approximate surface area is 178 Å². The second-order valence-electron chi connectivity index (χ2n) is 6.92. The van der Waals surface area contributed by atoms with Crippen LogP contribution in [0.4, 0.5) is 10.2 Å². The molecule has 11 nitrogen and oxygen atoms in total. The maximum absolute atomic E-state index is 13.7. The molecule has 0 unspecified atom stereocenters. The zero-order valence-electron chi connectivity index (χ0n) is 17.4. The van der Waals surface area contributed by atoms with Crippen LogP contribution in [-0.4, -0.2) is 50.5 Å². The number of rotatable bonds is 10. The first kappa shape index (κ1) is 22.0. The molecule has 0 atom stereocenters. The third-order valence-corrected chi connectivity index (χ3v) is 4.57. The largest absolute Gasteiger partial charge is 0.378 e. The molecule has 12 heteroatoms. The molecular formula is C19H25FN9O2+. The van der Waals surface area contributed by atoms with E-state index >= 15 is 0 Å². The number of carbonyl (C=O) groups is 1. The fourth-order valence-electron chi connectivity index (χ4n) is 3.18. The molecule has 0 saturated heterocycles. The molecule has 0 bridgehead atoms. The summed E-state index contributed by atoms with van der Waals surface area (Å²) in [6, 6.07) is 6.10. The Morgan fingerprint density at radius 2 is 2.03 bits per heavy atom. The predicted octanol–water partition coefficient (Wildman–Crippen LogP) is 0.340. The van der Waals surface area contributed by atoms with E-state index in [1.54, 1.807) is 18.2 Å². The average Bonchev–Trinajstić information content (AvgIpc) is 3.35. The molecule has 0 spiro atoms. The van der Waals surface area contributed by atoms with Crippen molar-refractivity contribution in [2.45, 2.75) is 33.2 Å². The van der Waals surface area contributed by atoms with E-state index in [2.05, 4.69) is 49.6 Å². The second-order valence-corrected chi connectivity index (χ2v) is 6.92. The normalized spacial score (nSPS) is 11.5. The standard InChI is InChI=1S/C19H24FN9O2/c1-3-9-28(10-4-2)12-15-16(23-27-29(15)18-17(21)25-31-26-18)19(30)24-22-11-13-7-5-6-8-14(13)20/h5-8,11H,3-4,9-10,12H2,1-2H3,(H2,21,25)(H,24,30)/p+1. The first-order valence-electron chi connectivity index (χ1n) is 9.99. The van der Waals surface area contributed by atoms with Crippen LogP contribution in [0, 0.1) is 5.82 Å². The minimum Gasteiger partial charge on any atom is -0.378 e. The predicted molar refractivity (Wildman–Crippen MR) is 110 cm³/mol. The number of benzene rings is 1. The third kappa shape index (κ3) is 5.28. The van der Waals surface area contributed by atoms with Gasteiger partial charge in [-0.15, -0.1) is 5.10 Å². The van der Waals surface area contributed by atoms with Crippen molar-refractivity contribution in [3.63, 3.8) is 0 Å². The number of nitrogens with zero attached hydrogens (tertiary/aromatic N) is 6. The van der Waals surface area contributed by atoms with Crippen molar-refractivity contribution in [3.8, 4) is 5.82 Å². The quantitative estimate of drug-likeness (QED) is 0.311. The van der Waals surface area contributed by atoms with Gasteiger partial charge in [-0.05, 0) is 29.2 Å². The number of anilines is 1. The number of nitrogens with two attached hydrogens (primary N) is 1. The van der Waals surface area contributed by atoms with Crippen LogP contribution >= 0.6 is 0 Å². The number of hydrogen-bond donors (Lipinski definition) is 3. The Kier molecular flexibility index (Phi) is 7.38. The summed E-state index contributed by atoms with van der Waals surface area (Å²) in [4.78, 5) is 14.0. The van der Waals surface area contributed by atoms with E-state index in [1.165, 1.54) is 21.9 Å². The molecule has 1 aromatic carbocycles. The SMILES string of the molecule is CCC[NH+](CCC)Cc1c(C(=O)NN=Cc2ccccc2F)nnn1-c1nonc1N. The van der Waals surface area contributed by atoms with Gasteiger partial charge in [0.2, 0.25) is 11.6 Å². The van der Waals surface area contributed by atoms with Crippen LogP contribution in [0.15, 0.2) is 34.0 Å². The summed E-state index contributed by atoms with van der Waals surface area (Å²) >= 11 is 0. The van der Waals surface area contributed by atoms with Gasteiger partial charge in [0.05, 0.1) is 19.3 Å². The van der Waals surface area contributed by atoms with E-state index < -0.39 is 11.7 Å². The van der Waals surface area contributed by atoms with Gasteiger partial charge in [-0.1, -0.05) is 37.3 Å². The maximum Gasteiger partial charge on any atom is 0.294 e. The summed E-state index contributed by atoms with van der Waals surface area (Å²) in [5.74, 6) is -0.845. The Morgan fingerprint density at radius 1 is 1.29 bits per heavy atom. The van der Waals surface area contributed by atoms with Crippen LogP contribution in [0.3, 0.4) is 0 Å². The smallest absolute Gasteiger partial charge is 0.294 e. The van der Waals surface area contributed by atoms with E-state index in [4.69, 9.17) is 5.73 Å². The van der Waals surface area contributed by atoms with E-state index in [0.29, 0.717) is 12.2 Å². The highest BCUT2D eigenvalue weighted by molar-refractivity contribution is 5.94. The second kappa shape index (κ2) is 10.4. The summed E-state index contributed by atoms with van der Waals surface area (Å²) in [7, 11) is 0. The van der Waals surface area contributed by atoms with Gasteiger partial charge in [-0.25, -0.2) is 14.4 Å². The third-order valence-electron chi connectivity index (χ3n) is 4.57. The van der Waals surface area contributed by atoms with E-state index in [1.807, 2.05) is 0 Å². The van der Waals surface area contributed by atoms with E-state index in [0.717, 1.165) is 25.9 Å². The number of hydrogen-bond acceptors (Lipinski definition) is 8. The number of amides is 1. The number of nitrogen functional groups attached to an aromatic ring is 1. The molecule has 0 aliphatic carbocycles. The lowest BCUT2D eigenvalue weighted by Crippen LogP contribution is -3.10. The molecule has 0 aliphatic rings. The lowest BCUT2D eigenvalue weighted by molar-refractivity contribution is -0.914. The van der Waals surface area contributed by atoms with Crippen LogP contribution in [0.5, 0.6) is 0 Å². The van der Waals surface area contributed by atoms with Crippen LogP contribution < -0.4 is 16.1 Å². The van der Waals surface area contributed by atoms with Crippen molar-refractivity contribution >= 4 is 17.9 Å². The summed E-state index contributed by atoms with van der Waals surface area (Å²) in [6.07, 6.45) is 3.17. The Hall–Kier alpha value is -3.67. The molecular weight excluding hydrogens is 405 g/mol. The Morgan fingerprint density at radius 3 is 2.68 bits per heavy atom. The molecule has 4 N–H and O–H groups in total. The molecule has 1 amide bonds. The van der Waals surface area contributed by atoms with Gasteiger partial charge in [0, 0.05) is 5.56 Å². The van der Waals surface area contributed by atoms with E-state index in [-0.39, 0.29) is 22.9 Å². The number of nitrogens with one attached hydrogen (secondary N) is 2. The zero-order valence-corrected chi connectivity index (χ0v) is 17.4. The number of hydrazone groups is 1. The monoisotopic (exact) mass is 430 g/mol. The van der Waals surface area contributed by atoms with Gasteiger partial charge in [-0.2, -0.15) is 9.78 Å². The molecule has 2 heterocycles. The number of carbonyl (C=O) groups excluding carboxylic acids is 1. The van der Waals surface area contributed by atoms with Gasteiger partial charge in [0.15, 0.2) is 5.69 Å². The van der Waals surface area contributed by atoms with Gasteiger partial charge in [-0.3, -0.25) is 4.79 Å². The van der Waals surface area contributed by atoms with Crippen LogP contribution in [-0.2, 0) is 6.54 Å². The van der Waals surface area contributed by atoms with Crippen molar-refractivity contribution in [2.75, 3.05) is 18.8 Å². The molecule has 3 rings (SSSR count). The molecule has 164 valence electrons. The number of aromatic nitrogens is 5. The highest BCUT2D eigenvalue weighted by Crippen LogP contribution is 2.15. The van der Waals surface area contributed by atoms with Gasteiger partial charge < -0.3 is 10.6 Å². The summed E-state index contributed by atoms with van der Waals surface area (Å²) in [5, 5.41) is 19.2. The first-order chi connectivity index (χ1) is 15.0. The fraction of sp³-hybridized carbons (Fsp3) is 0.368. The van der Waals surface area contributed by atoms with Crippen LogP contribution in [0.25, 0.3) is 5.82 Å². The van der Waals surface area contributed by atoms with Gasteiger partial charge in [0.1, 0.15) is 18.1 Å². The van der Waals surface area contributed by atoms with Gasteiger partial charge >= 0.3 is 0 Å². The van der Waals surface area contributed by atoms with Crippen molar-refractivity contribution < 1.29 is 18.7 Å². The number of quaternary nitrogens is 1. The topological polar surface area (TPSA) is 142 Å². The minimum atomic E-state index is -0.587. The molecule has 3 aromatic rings. The molecule has 0 saturated carbocycles. The summed E-state index contributed by atoms with van der Waals surface area (Å²) in [6.45, 7) is 6.45. The summed E-state index contributed by atoms with van der Waals surface area (Å²) in [5.41, 5.74) is 9.00. The minimum absolute atomic E-state index is 0.0308. The first-order valence-corrected chi connectivity index (χ1v) is 9.99. The van der Waals surface area contributed by atoms with Crippen LogP contribution in [0.2, 0.25) is 0 Å². The lowest BCUT2D eigenvalue weighted by atomic mass is 10.2. The lowest BCUT2D eigenvalue weighted by Gasteiger charge is -2.18. The Balaban J connectivity index is 1.88. The fourth-order valence-corrected chi connectivity index (χ4v) is 3.18. The molecule has 0 aliphatic heterocycles. The van der Waals surface area contributed by atoms with E-state index in [9.17, 15) is 9.18 Å². The summed E-state index contributed by atoms with van der Waals surface area (Å²) < 4.78 is 19.7. The Bertz CT molecular complexity index is 1040. The highest BCUT2D eigenvalue weighted by Gasteiger charge is 2.26. The van der Waals surface area contributed by atoms with Crippen molar-refractivity contribution in [1.82, 2.24) is 30.7 Å². The van der Waals surface area contributed by atoms with Gasteiger partial charge in [0.25, 0.3) is 5.91 Å². The highest BCUT2D eigenvalue weighted by atomic mass is 19.1. The average molecular weight is 430 g/mol. The molecule has 31 heavy (non-hydrogen) atoms. The molecule has 2 aromatic heterocycles. The molecule has 0 fully saturated rings. The van der Waals surface area contributed by atoms with Crippen LogP contribution in [0.1, 0.15) is 48.4 Å². The molecule has 0 radical (unpaired) electrons. The zero-order chi connectivity index (χ0) is 22.2. The van der Waals surface area contributed by atoms with Crippen molar-refractivity contribution in [3.05, 3.63) is 47.0 Å².